The molecule has 2 aromatic carbocycles. The normalized spacial score (nSPS) is 17.0. The van der Waals surface area contributed by atoms with Gasteiger partial charge in [0.1, 0.15) is 0 Å². The molecule has 0 amide bonds. The van der Waals surface area contributed by atoms with Gasteiger partial charge in [-0.1, -0.05) is 23.7 Å². The highest BCUT2D eigenvalue weighted by molar-refractivity contribution is 7.19. The molecule has 1 aromatic heterocycles. The molecule has 0 spiro atoms. The number of thiophene rings is 1. The van der Waals surface area contributed by atoms with E-state index in [9.17, 15) is 15.0 Å². The topological polar surface area (TPSA) is 72.8 Å². The highest BCUT2D eigenvalue weighted by atomic mass is 35.5. The van der Waals surface area contributed by atoms with Gasteiger partial charge in [0.05, 0.1) is 16.9 Å². The Morgan fingerprint density at radius 1 is 1.27 bits per heavy atom. The summed E-state index contributed by atoms with van der Waals surface area (Å²) >= 11 is 7.85. The lowest BCUT2D eigenvalue weighted by Crippen LogP contribution is -2.43. The summed E-state index contributed by atoms with van der Waals surface area (Å²) in [6.45, 7) is 8.65. The molecule has 4 rings (SSSR count). The van der Waals surface area contributed by atoms with Crippen LogP contribution in [-0.4, -0.2) is 48.0 Å². The number of carboxylic acid groups (broad SMARTS) is 1. The van der Waals surface area contributed by atoms with Gasteiger partial charge in [-0.25, -0.2) is 4.79 Å². The SMILES string of the molecule is Cc1sc2cc(Cl)ccc2c1-c1ccc(N2CCC[C@H](CNCC(C)(C)O)C2)c(C(=O)O)c1. The average Bonchev–Trinajstić information content (AvgIpc) is 3.07. The summed E-state index contributed by atoms with van der Waals surface area (Å²) in [6, 6.07) is 11.7. The third-order valence-electron chi connectivity index (χ3n) is 6.19. The Morgan fingerprint density at radius 2 is 2.06 bits per heavy atom. The fourth-order valence-electron chi connectivity index (χ4n) is 4.72. The Kier molecular flexibility index (Phi) is 7.01. The molecule has 2 heterocycles. The maximum Gasteiger partial charge on any atom is 0.337 e. The number of carbonyl (C=O) groups is 1. The molecule has 1 saturated heterocycles. The van der Waals surface area contributed by atoms with Gasteiger partial charge >= 0.3 is 5.97 Å². The van der Waals surface area contributed by atoms with Gasteiger partial charge in [-0.05, 0) is 75.9 Å². The number of rotatable bonds is 7. The van der Waals surface area contributed by atoms with Gasteiger partial charge in [0.25, 0.3) is 0 Å². The van der Waals surface area contributed by atoms with Crippen LogP contribution in [0.1, 0.15) is 41.9 Å². The molecular formula is C26H31ClN2O3S. The van der Waals surface area contributed by atoms with Gasteiger partial charge in [-0.2, -0.15) is 0 Å². The first kappa shape index (κ1) is 24.0. The maximum absolute atomic E-state index is 12.3. The second kappa shape index (κ2) is 9.63. The minimum Gasteiger partial charge on any atom is -0.478 e. The minimum atomic E-state index is -0.908. The summed E-state index contributed by atoms with van der Waals surface area (Å²) in [5.74, 6) is -0.496. The van der Waals surface area contributed by atoms with Crippen molar-refractivity contribution in [3.8, 4) is 11.1 Å². The molecule has 1 aliphatic rings. The molecule has 1 fully saturated rings. The summed E-state index contributed by atoms with van der Waals surface area (Å²) in [6.07, 6.45) is 2.11. The predicted molar refractivity (Wildman–Crippen MR) is 138 cm³/mol. The van der Waals surface area contributed by atoms with Crippen LogP contribution in [-0.2, 0) is 0 Å². The van der Waals surface area contributed by atoms with Crippen LogP contribution in [0.5, 0.6) is 0 Å². The number of nitrogens with one attached hydrogen (secondary N) is 1. The fourth-order valence-corrected chi connectivity index (χ4v) is 6.09. The summed E-state index contributed by atoms with van der Waals surface area (Å²) in [5, 5.41) is 25.1. The molecule has 0 bridgehead atoms. The van der Waals surface area contributed by atoms with Gasteiger partial charge in [0.2, 0.25) is 0 Å². The van der Waals surface area contributed by atoms with Crippen LogP contribution in [0.3, 0.4) is 0 Å². The maximum atomic E-state index is 12.3. The molecule has 3 aromatic rings. The zero-order chi connectivity index (χ0) is 23.8. The molecule has 0 saturated carbocycles. The van der Waals surface area contributed by atoms with E-state index < -0.39 is 11.6 Å². The van der Waals surface area contributed by atoms with Gasteiger partial charge in [-0.15, -0.1) is 11.3 Å². The first-order valence-electron chi connectivity index (χ1n) is 11.4. The number of aliphatic hydroxyl groups is 1. The standard InChI is InChI=1S/C26H31ClN2O3S/c1-16-24(20-8-7-19(27)12-23(20)33-16)18-6-9-22(21(11-18)25(30)31)29-10-4-5-17(14-29)13-28-15-26(2,3)32/h6-9,11-12,17,28,32H,4-5,10,13-15H2,1-3H3,(H,30,31)/t17-/m1/s1. The Labute approximate surface area is 204 Å². The molecule has 1 atom stereocenters. The molecule has 0 unspecified atom stereocenters. The van der Waals surface area contributed by atoms with E-state index in [0.717, 1.165) is 64.3 Å². The number of aromatic carboxylic acids is 1. The monoisotopic (exact) mass is 486 g/mol. The number of benzene rings is 2. The Bertz CT molecular complexity index is 1170. The number of piperidine rings is 1. The second-order valence-electron chi connectivity index (χ2n) is 9.61. The van der Waals surface area contributed by atoms with Crippen molar-refractivity contribution in [1.82, 2.24) is 5.32 Å². The number of nitrogens with zero attached hydrogens (tertiary/aromatic N) is 1. The number of anilines is 1. The summed E-state index contributed by atoms with van der Waals surface area (Å²) < 4.78 is 1.10. The lowest BCUT2D eigenvalue weighted by molar-refractivity contribution is 0.0696. The zero-order valence-electron chi connectivity index (χ0n) is 19.3. The van der Waals surface area contributed by atoms with E-state index in [1.54, 1.807) is 25.2 Å². The lowest BCUT2D eigenvalue weighted by atomic mass is 9.95. The molecule has 3 N–H and O–H groups in total. The Morgan fingerprint density at radius 3 is 2.79 bits per heavy atom. The van der Waals surface area contributed by atoms with Gasteiger partial charge < -0.3 is 20.4 Å². The number of fused-ring (bicyclic) bond motifs is 1. The summed E-state index contributed by atoms with van der Waals surface area (Å²) in [4.78, 5) is 15.6. The number of hydrogen-bond donors (Lipinski definition) is 3. The van der Waals surface area contributed by atoms with Crippen LogP contribution >= 0.6 is 22.9 Å². The van der Waals surface area contributed by atoms with Crippen LogP contribution in [0.2, 0.25) is 5.02 Å². The molecule has 1 aliphatic heterocycles. The van der Waals surface area contributed by atoms with Crippen LogP contribution < -0.4 is 10.2 Å². The predicted octanol–water partition coefficient (Wildman–Crippen LogP) is 5.81. The molecule has 7 heteroatoms. The first-order valence-corrected chi connectivity index (χ1v) is 12.6. The number of carboxylic acids is 1. The van der Waals surface area contributed by atoms with Crippen LogP contribution in [0.4, 0.5) is 5.69 Å². The van der Waals surface area contributed by atoms with Crippen LogP contribution in [0.15, 0.2) is 36.4 Å². The quantitative estimate of drug-likeness (QED) is 0.393. The van der Waals surface area contributed by atoms with E-state index in [2.05, 4.69) is 17.1 Å². The molecule has 0 radical (unpaired) electrons. The van der Waals surface area contributed by atoms with Crippen molar-refractivity contribution >= 4 is 44.7 Å². The molecular weight excluding hydrogens is 456 g/mol. The third-order valence-corrected chi connectivity index (χ3v) is 7.50. The van der Waals surface area contributed by atoms with Crippen molar-refractivity contribution in [2.45, 2.75) is 39.2 Å². The lowest BCUT2D eigenvalue weighted by Gasteiger charge is -2.35. The van der Waals surface area contributed by atoms with E-state index in [1.807, 2.05) is 36.4 Å². The Hall–Kier alpha value is -2.12. The number of aryl methyl sites for hydroxylation is 1. The zero-order valence-corrected chi connectivity index (χ0v) is 20.9. The van der Waals surface area contributed by atoms with E-state index >= 15 is 0 Å². The van der Waals surface area contributed by atoms with Crippen molar-refractivity contribution < 1.29 is 15.0 Å². The highest BCUT2D eigenvalue weighted by Gasteiger charge is 2.25. The highest BCUT2D eigenvalue weighted by Crippen LogP contribution is 2.41. The largest absolute Gasteiger partial charge is 0.478 e. The van der Waals surface area contributed by atoms with Crippen molar-refractivity contribution in [3.05, 3.63) is 51.9 Å². The minimum absolute atomic E-state index is 0.338. The number of halogens is 1. The van der Waals surface area contributed by atoms with E-state index in [-0.39, 0.29) is 0 Å². The van der Waals surface area contributed by atoms with Crippen molar-refractivity contribution in [2.75, 3.05) is 31.1 Å². The first-order chi connectivity index (χ1) is 15.6. The van der Waals surface area contributed by atoms with Crippen LogP contribution in [0.25, 0.3) is 21.2 Å². The fraction of sp³-hybridized carbons (Fsp3) is 0.423. The Balaban J connectivity index is 1.61. The van der Waals surface area contributed by atoms with Crippen molar-refractivity contribution in [1.29, 1.82) is 0 Å². The third kappa shape index (κ3) is 5.52. The van der Waals surface area contributed by atoms with Gasteiger partial charge in [0, 0.05) is 45.2 Å². The van der Waals surface area contributed by atoms with Crippen molar-refractivity contribution in [3.63, 3.8) is 0 Å². The van der Waals surface area contributed by atoms with E-state index in [0.29, 0.717) is 23.0 Å². The molecule has 0 aliphatic carbocycles. The van der Waals surface area contributed by atoms with E-state index in [4.69, 9.17) is 11.6 Å². The van der Waals surface area contributed by atoms with E-state index in [1.165, 1.54) is 0 Å². The molecule has 5 nitrogen and oxygen atoms in total. The molecule has 176 valence electrons. The van der Waals surface area contributed by atoms with Crippen LogP contribution in [0, 0.1) is 12.8 Å². The molecule has 33 heavy (non-hydrogen) atoms. The smallest absolute Gasteiger partial charge is 0.337 e. The average molecular weight is 487 g/mol. The van der Waals surface area contributed by atoms with Gasteiger partial charge in [-0.3, -0.25) is 0 Å². The van der Waals surface area contributed by atoms with Crippen molar-refractivity contribution in [2.24, 2.45) is 5.92 Å². The second-order valence-corrected chi connectivity index (χ2v) is 11.3. The summed E-state index contributed by atoms with van der Waals surface area (Å²) in [5.41, 5.74) is 2.37. The summed E-state index contributed by atoms with van der Waals surface area (Å²) in [7, 11) is 0. The number of hydrogen-bond acceptors (Lipinski definition) is 5. The van der Waals surface area contributed by atoms with Gasteiger partial charge in [0.15, 0.2) is 0 Å².